The van der Waals surface area contributed by atoms with Crippen molar-refractivity contribution in [3.05, 3.63) is 30.1 Å². The van der Waals surface area contributed by atoms with Crippen molar-refractivity contribution in [2.24, 2.45) is 0 Å². The van der Waals surface area contributed by atoms with Crippen molar-refractivity contribution >= 4 is 5.69 Å². The van der Waals surface area contributed by atoms with E-state index in [1.165, 1.54) is 6.07 Å². The Bertz CT molecular complexity index is 278. The predicted octanol–water partition coefficient (Wildman–Crippen LogP) is 2.40. The number of para-hydroxylation sites is 1. The maximum absolute atomic E-state index is 13.2. The molecule has 0 bridgehead atoms. The van der Waals surface area contributed by atoms with Crippen molar-refractivity contribution in [3.63, 3.8) is 0 Å². The number of rotatable bonds is 5. The Labute approximate surface area is 83.8 Å². The van der Waals surface area contributed by atoms with Crippen LogP contribution in [0.2, 0.25) is 0 Å². The molecule has 0 spiro atoms. The summed E-state index contributed by atoms with van der Waals surface area (Å²) in [6, 6.07) is 6.79. The third kappa shape index (κ3) is 3.34. The van der Waals surface area contributed by atoms with Gasteiger partial charge in [0.05, 0.1) is 5.69 Å². The molecule has 0 radical (unpaired) electrons. The van der Waals surface area contributed by atoms with Crippen LogP contribution < -0.4 is 5.32 Å². The van der Waals surface area contributed by atoms with Gasteiger partial charge in [0.15, 0.2) is 0 Å². The second-order valence-electron chi connectivity index (χ2n) is 3.39. The summed E-state index contributed by atoms with van der Waals surface area (Å²) in [5, 5.41) is 11.7. The van der Waals surface area contributed by atoms with Crippen LogP contribution >= 0.6 is 0 Å². The molecule has 1 aromatic rings. The van der Waals surface area contributed by atoms with Crippen LogP contribution in [0.15, 0.2) is 24.3 Å². The molecule has 0 aliphatic carbocycles. The maximum Gasteiger partial charge on any atom is 0.146 e. The molecule has 1 aromatic carbocycles. The van der Waals surface area contributed by atoms with Crippen LogP contribution in [0.1, 0.15) is 19.8 Å². The Hall–Kier alpha value is -1.09. The van der Waals surface area contributed by atoms with Gasteiger partial charge in [-0.3, -0.25) is 0 Å². The van der Waals surface area contributed by atoms with Crippen molar-refractivity contribution in [2.45, 2.75) is 25.8 Å². The minimum Gasteiger partial charge on any atom is -0.396 e. The molecule has 14 heavy (non-hydrogen) atoms. The molecule has 0 aliphatic heterocycles. The van der Waals surface area contributed by atoms with Crippen LogP contribution in [-0.4, -0.2) is 17.8 Å². The summed E-state index contributed by atoms with van der Waals surface area (Å²) in [5.74, 6) is -0.233. The number of halogens is 1. The standard InChI is InChI=1S/C11H16FNO/c1-9(5-4-8-14)13-11-7-3-2-6-10(11)12/h2-3,6-7,9,13-14H,4-5,8H2,1H3/t9-/m0/s1. The lowest BCUT2D eigenvalue weighted by Crippen LogP contribution is -2.16. The molecule has 78 valence electrons. The summed E-state index contributed by atoms with van der Waals surface area (Å²) in [7, 11) is 0. The van der Waals surface area contributed by atoms with Crippen molar-refractivity contribution in [2.75, 3.05) is 11.9 Å². The number of anilines is 1. The molecule has 3 heteroatoms. The fraction of sp³-hybridized carbons (Fsp3) is 0.455. The average Bonchev–Trinajstić information content (AvgIpc) is 2.18. The van der Waals surface area contributed by atoms with Gasteiger partial charge < -0.3 is 10.4 Å². The van der Waals surface area contributed by atoms with Gasteiger partial charge in [0, 0.05) is 12.6 Å². The zero-order valence-corrected chi connectivity index (χ0v) is 8.33. The highest BCUT2D eigenvalue weighted by atomic mass is 19.1. The molecule has 0 saturated heterocycles. The molecule has 0 saturated carbocycles. The number of aliphatic hydroxyl groups is 1. The third-order valence-electron chi connectivity index (χ3n) is 2.07. The van der Waals surface area contributed by atoms with Gasteiger partial charge in [0.25, 0.3) is 0 Å². The van der Waals surface area contributed by atoms with Gasteiger partial charge in [-0.1, -0.05) is 12.1 Å². The number of hydrogen-bond donors (Lipinski definition) is 2. The smallest absolute Gasteiger partial charge is 0.146 e. The van der Waals surface area contributed by atoms with E-state index in [4.69, 9.17) is 5.11 Å². The number of aliphatic hydroxyl groups excluding tert-OH is 1. The van der Waals surface area contributed by atoms with Gasteiger partial charge in [0.1, 0.15) is 5.82 Å². The molecule has 1 atom stereocenters. The van der Waals surface area contributed by atoms with E-state index in [-0.39, 0.29) is 18.5 Å². The average molecular weight is 197 g/mol. The normalized spacial score (nSPS) is 12.5. The predicted molar refractivity (Wildman–Crippen MR) is 55.8 cm³/mol. The van der Waals surface area contributed by atoms with Gasteiger partial charge in [0.2, 0.25) is 0 Å². The molecular formula is C11H16FNO. The van der Waals surface area contributed by atoms with E-state index in [9.17, 15) is 4.39 Å². The Morgan fingerprint density at radius 3 is 2.79 bits per heavy atom. The molecule has 1 rings (SSSR count). The minimum atomic E-state index is -0.233. The van der Waals surface area contributed by atoms with Crippen molar-refractivity contribution in [1.82, 2.24) is 0 Å². The number of hydrogen-bond acceptors (Lipinski definition) is 2. The monoisotopic (exact) mass is 197 g/mol. The first kappa shape index (κ1) is 11.0. The molecule has 0 heterocycles. The first-order valence-electron chi connectivity index (χ1n) is 4.86. The molecule has 0 unspecified atom stereocenters. The largest absolute Gasteiger partial charge is 0.396 e. The van der Waals surface area contributed by atoms with Crippen LogP contribution in [0.5, 0.6) is 0 Å². The summed E-state index contributed by atoms with van der Waals surface area (Å²) in [6.45, 7) is 2.16. The van der Waals surface area contributed by atoms with E-state index in [1.54, 1.807) is 18.2 Å². The van der Waals surface area contributed by atoms with Gasteiger partial charge >= 0.3 is 0 Å². The lowest BCUT2D eigenvalue weighted by Gasteiger charge is -2.14. The van der Waals surface area contributed by atoms with Crippen molar-refractivity contribution in [1.29, 1.82) is 0 Å². The summed E-state index contributed by atoms with van der Waals surface area (Å²) in [4.78, 5) is 0. The van der Waals surface area contributed by atoms with Crippen molar-refractivity contribution < 1.29 is 9.50 Å². The highest BCUT2D eigenvalue weighted by molar-refractivity contribution is 5.44. The Morgan fingerprint density at radius 1 is 1.43 bits per heavy atom. The number of nitrogens with one attached hydrogen (secondary N) is 1. The van der Waals surface area contributed by atoms with E-state index >= 15 is 0 Å². The van der Waals surface area contributed by atoms with Crippen LogP contribution in [0.25, 0.3) is 0 Å². The second-order valence-corrected chi connectivity index (χ2v) is 3.39. The van der Waals surface area contributed by atoms with E-state index in [1.807, 2.05) is 6.92 Å². The molecule has 0 amide bonds. The molecule has 2 N–H and O–H groups in total. The summed E-state index contributed by atoms with van der Waals surface area (Å²) in [6.07, 6.45) is 1.58. The lowest BCUT2D eigenvalue weighted by atomic mass is 10.2. The molecule has 2 nitrogen and oxygen atoms in total. The van der Waals surface area contributed by atoms with Crippen LogP contribution in [0, 0.1) is 5.82 Å². The second kappa shape index (κ2) is 5.60. The zero-order chi connectivity index (χ0) is 10.4. The van der Waals surface area contributed by atoms with E-state index in [0.717, 1.165) is 12.8 Å². The zero-order valence-electron chi connectivity index (χ0n) is 8.33. The van der Waals surface area contributed by atoms with Crippen LogP contribution in [-0.2, 0) is 0 Å². The maximum atomic E-state index is 13.2. The SMILES string of the molecule is C[C@@H](CCCO)Nc1ccccc1F. The minimum absolute atomic E-state index is 0.180. The third-order valence-corrected chi connectivity index (χ3v) is 2.07. The van der Waals surface area contributed by atoms with E-state index < -0.39 is 0 Å². The fourth-order valence-electron chi connectivity index (χ4n) is 1.31. The van der Waals surface area contributed by atoms with Crippen molar-refractivity contribution in [3.8, 4) is 0 Å². The molecule has 0 aliphatic rings. The summed E-state index contributed by atoms with van der Waals surface area (Å²) in [5.41, 5.74) is 0.526. The van der Waals surface area contributed by atoms with Crippen LogP contribution in [0.4, 0.5) is 10.1 Å². The molecule has 0 fully saturated rings. The topological polar surface area (TPSA) is 32.3 Å². The van der Waals surface area contributed by atoms with E-state index in [2.05, 4.69) is 5.32 Å². The van der Waals surface area contributed by atoms with Crippen LogP contribution in [0.3, 0.4) is 0 Å². The van der Waals surface area contributed by atoms with Gasteiger partial charge in [-0.2, -0.15) is 0 Å². The molecular weight excluding hydrogens is 181 g/mol. The highest BCUT2D eigenvalue weighted by Gasteiger charge is 2.04. The first-order chi connectivity index (χ1) is 6.74. The first-order valence-corrected chi connectivity index (χ1v) is 4.86. The highest BCUT2D eigenvalue weighted by Crippen LogP contribution is 2.14. The summed E-state index contributed by atoms with van der Waals surface area (Å²) >= 11 is 0. The lowest BCUT2D eigenvalue weighted by molar-refractivity contribution is 0.282. The Balaban J connectivity index is 2.47. The van der Waals surface area contributed by atoms with Gasteiger partial charge in [-0.15, -0.1) is 0 Å². The van der Waals surface area contributed by atoms with E-state index in [0.29, 0.717) is 5.69 Å². The number of benzene rings is 1. The Kier molecular flexibility index (Phi) is 4.40. The van der Waals surface area contributed by atoms with Gasteiger partial charge in [-0.25, -0.2) is 4.39 Å². The fourth-order valence-corrected chi connectivity index (χ4v) is 1.31. The Morgan fingerprint density at radius 2 is 2.14 bits per heavy atom. The van der Waals surface area contributed by atoms with Gasteiger partial charge in [-0.05, 0) is 31.9 Å². The molecule has 0 aromatic heterocycles. The quantitative estimate of drug-likeness (QED) is 0.759. The summed E-state index contributed by atoms with van der Waals surface area (Å²) < 4.78 is 13.2.